The van der Waals surface area contributed by atoms with E-state index in [0.717, 1.165) is 27.8 Å². The maximum absolute atomic E-state index is 12.8. The number of nitrogens with one attached hydrogen (secondary N) is 1. The minimum absolute atomic E-state index is 0.0355. The lowest BCUT2D eigenvalue weighted by molar-refractivity contribution is 0.0619. The number of fused-ring (bicyclic) bond motifs is 4. The summed E-state index contributed by atoms with van der Waals surface area (Å²) in [6, 6.07) is 10.4. The van der Waals surface area contributed by atoms with Crippen molar-refractivity contribution in [2.75, 3.05) is 19.6 Å². The Morgan fingerprint density at radius 1 is 1.12 bits per heavy atom. The normalized spacial score (nSPS) is 24.7. The van der Waals surface area contributed by atoms with Gasteiger partial charge in [-0.25, -0.2) is 0 Å². The molecule has 6 rings (SSSR count). The average Bonchev–Trinajstić information content (AvgIpc) is 3.13. The molecule has 1 unspecified atom stereocenters. The van der Waals surface area contributed by atoms with Crippen LogP contribution in [0.1, 0.15) is 23.3 Å². The van der Waals surface area contributed by atoms with Crippen LogP contribution in [0.25, 0.3) is 21.2 Å². The molecule has 3 aromatic rings. The standard InChI is InChI=1S/C20H20N4OS/c25-20(22-17-12-24-9-5-14(17)6-10-24)19-16-2-1-15(11-18(16)26-23-19)13-3-7-21-8-4-13/h1-4,7-8,11,14,17H,5-6,9-10,12H2,(H,22,25). The largest absolute Gasteiger partial charge is 0.346 e. The summed E-state index contributed by atoms with van der Waals surface area (Å²) >= 11 is 1.39. The first kappa shape index (κ1) is 15.9. The molecule has 5 heterocycles. The molecule has 1 aromatic carbocycles. The number of hydrogen-bond donors (Lipinski definition) is 1. The molecule has 0 spiro atoms. The van der Waals surface area contributed by atoms with E-state index in [2.05, 4.69) is 31.7 Å². The highest BCUT2D eigenvalue weighted by Crippen LogP contribution is 2.30. The quantitative estimate of drug-likeness (QED) is 0.775. The Hall–Kier alpha value is -2.31. The van der Waals surface area contributed by atoms with Crippen LogP contribution in [0.3, 0.4) is 0 Å². The van der Waals surface area contributed by atoms with Gasteiger partial charge in [-0.1, -0.05) is 12.1 Å². The molecule has 0 aliphatic carbocycles. The van der Waals surface area contributed by atoms with Gasteiger partial charge in [0.15, 0.2) is 0 Å². The minimum Gasteiger partial charge on any atom is -0.346 e. The van der Waals surface area contributed by atoms with Crippen LogP contribution < -0.4 is 5.32 Å². The lowest BCUT2D eigenvalue weighted by Crippen LogP contribution is -2.57. The van der Waals surface area contributed by atoms with E-state index in [1.165, 1.54) is 37.5 Å². The van der Waals surface area contributed by atoms with Crippen LogP contribution in [0.2, 0.25) is 0 Å². The smallest absolute Gasteiger partial charge is 0.271 e. The molecule has 1 atom stereocenters. The summed E-state index contributed by atoms with van der Waals surface area (Å²) in [5.74, 6) is 0.582. The summed E-state index contributed by atoms with van der Waals surface area (Å²) in [6.07, 6.45) is 5.97. The summed E-state index contributed by atoms with van der Waals surface area (Å²) in [4.78, 5) is 19.3. The summed E-state index contributed by atoms with van der Waals surface area (Å²) in [6.45, 7) is 3.33. The number of nitrogens with zero attached hydrogens (tertiary/aromatic N) is 3. The Labute approximate surface area is 156 Å². The fraction of sp³-hybridized carbons (Fsp3) is 0.350. The molecule has 5 nitrogen and oxygen atoms in total. The zero-order valence-electron chi connectivity index (χ0n) is 14.4. The zero-order chi connectivity index (χ0) is 17.5. The van der Waals surface area contributed by atoms with Crippen LogP contribution in [0, 0.1) is 5.92 Å². The molecule has 0 saturated carbocycles. The highest BCUT2D eigenvalue weighted by molar-refractivity contribution is 7.13. The first-order valence-electron chi connectivity index (χ1n) is 9.11. The molecular formula is C20H20N4OS. The van der Waals surface area contributed by atoms with Crippen molar-refractivity contribution < 1.29 is 4.79 Å². The molecule has 0 radical (unpaired) electrons. The summed E-state index contributed by atoms with van der Waals surface area (Å²) in [5.41, 5.74) is 2.80. The van der Waals surface area contributed by atoms with Gasteiger partial charge >= 0.3 is 0 Å². The fourth-order valence-corrected chi connectivity index (χ4v) is 5.00. The Morgan fingerprint density at radius 3 is 2.65 bits per heavy atom. The van der Waals surface area contributed by atoms with Crippen molar-refractivity contribution in [3.8, 4) is 11.1 Å². The molecule has 2 bridgehead atoms. The summed E-state index contributed by atoms with van der Waals surface area (Å²) in [5, 5.41) is 4.18. The predicted molar refractivity (Wildman–Crippen MR) is 103 cm³/mol. The van der Waals surface area contributed by atoms with Gasteiger partial charge in [-0.05, 0) is 72.7 Å². The first-order valence-corrected chi connectivity index (χ1v) is 9.88. The van der Waals surface area contributed by atoms with E-state index in [0.29, 0.717) is 11.6 Å². The lowest BCUT2D eigenvalue weighted by Gasteiger charge is -2.44. The van der Waals surface area contributed by atoms with Gasteiger partial charge in [0.1, 0.15) is 5.69 Å². The molecule has 3 fully saturated rings. The third kappa shape index (κ3) is 2.79. The number of benzene rings is 1. The number of piperidine rings is 3. The van der Waals surface area contributed by atoms with Crippen molar-refractivity contribution in [3.05, 3.63) is 48.4 Å². The number of carbonyl (C=O) groups excluding carboxylic acids is 1. The van der Waals surface area contributed by atoms with Crippen molar-refractivity contribution in [2.45, 2.75) is 18.9 Å². The Kier molecular flexibility index (Phi) is 3.94. The van der Waals surface area contributed by atoms with Crippen LogP contribution >= 0.6 is 11.5 Å². The molecular weight excluding hydrogens is 344 g/mol. The highest BCUT2D eigenvalue weighted by atomic mass is 32.1. The second-order valence-electron chi connectivity index (χ2n) is 7.20. The summed E-state index contributed by atoms with van der Waals surface area (Å²) in [7, 11) is 0. The van der Waals surface area contributed by atoms with E-state index < -0.39 is 0 Å². The molecule has 3 aliphatic heterocycles. The van der Waals surface area contributed by atoms with Gasteiger partial charge in [0.25, 0.3) is 5.91 Å². The van der Waals surface area contributed by atoms with Crippen molar-refractivity contribution in [2.24, 2.45) is 5.92 Å². The van der Waals surface area contributed by atoms with E-state index in [1.54, 1.807) is 12.4 Å². The van der Waals surface area contributed by atoms with Crippen molar-refractivity contribution >= 4 is 27.5 Å². The van der Waals surface area contributed by atoms with Gasteiger partial charge in [-0.3, -0.25) is 9.78 Å². The maximum atomic E-state index is 12.8. The van der Waals surface area contributed by atoms with Crippen LogP contribution in [0.5, 0.6) is 0 Å². The number of pyridine rings is 1. The fourth-order valence-electron chi connectivity index (χ4n) is 4.19. The first-order chi connectivity index (χ1) is 12.8. The highest BCUT2D eigenvalue weighted by Gasteiger charge is 2.35. The molecule has 26 heavy (non-hydrogen) atoms. The SMILES string of the molecule is O=C(NC1CN2CCC1CC2)c1nsc2cc(-c3ccncc3)ccc12. The van der Waals surface area contributed by atoms with Crippen LogP contribution in [-0.2, 0) is 0 Å². The monoisotopic (exact) mass is 364 g/mol. The van der Waals surface area contributed by atoms with Crippen LogP contribution in [0.4, 0.5) is 0 Å². The van der Waals surface area contributed by atoms with Gasteiger partial charge in [0.05, 0.1) is 4.70 Å². The minimum atomic E-state index is -0.0355. The van der Waals surface area contributed by atoms with Crippen molar-refractivity contribution in [1.29, 1.82) is 0 Å². The Balaban J connectivity index is 1.40. The molecule has 3 aliphatic rings. The molecule has 6 heteroatoms. The van der Waals surface area contributed by atoms with Gasteiger partial charge in [-0.2, -0.15) is 4.37 Å². The Morgan fingerprint density at radius 2 is 1.92 bits per heavy atom. The van der Waals surface area contributed by atoms with E-state index in [4.69, 9.17) is 0 Å². The number of rotatable bonds is 3. The molecule has 3 saturated heterocycles. The van der Waals surface area contributed by atoms with E-state index >= 15 is 0 Å². The van der Waals surface area contributed by atoms with Crippen LogP contribution in [-0.4, -0.2) is 45.8 Å². The third-order valence-corrected chi connectivity index (χ3v) is 6.48. The number of carbonyl (C=O) groups is 1. The predicted octanol–water partition coefficient (Wildman–Crippen LogP) is 3.18. The van der Waals surface area contributed by atoms with Gasteiger partial charge in [-0.15, -0.1) is 0 Å². The lowest BCUT2D eigenvalue weighted by atomic mass is 9.84. The third-order valence-electron chi connectivity index (χ3n) is 5.67. The number of hydrogen-bond acceptors (Lipinski definition) is 5. The van der Waals surface area contributed by atoms with Gasteiger partial charge in [0.2, 0.25) is 0 Å². The summed E-state index contributed by atoms with van der Waals surface area (Å²) < 4.78 is 5.50. The van der Waals surface area contributed by atoms with Crippen molar-refractivity contribution in [3.63, 3.8) is 0 Å². The molecule has 132 valence electrons. The average molecular weight is 364 g/mol. The number of amides is 1. The second kappa shape index (κ2) is 6.45. The maximum Gasteiger partial charge on any atom is 0.271 e. The number of aromatic nitrogens is 2. The van der Waals surface area contributed by atoms with Crippen molar-refractivity contribution in [1.82, 2.24) is 19.6 Å². The molecule has 1 N–H and O–H groups in total. The Bertz CT molecular complexity index is 947. The van der Waals surface area contributed by atoms with E-state index in [-0.39, 0.29) is 11.9 Å². The molecule has 1 amide bonds. The zero-order valence-corrected chi connectivity index (χ0v) is 15.2. The van der Waals surface area contributed by atoms with E-state index in [9.17, 15) is 4.79 Å². The van der Waals surface area contributed by atoms with Gasteiger partial charge in [0, 0.05) is 30.4 Å². The second-order valence-corrected chi connectivity index (χ2v) is 8.00. The van der Waals surface area contributed by atoms with Gasteiger partial charge < -0.3 is 10.2 Å². The van der Waals surface area contributed by atoms with Crippen LogP contribution in [0.15, 0.2) is 42.7 Å². The topological polar surface area (TPSA) is 58.1 Å². The molecule has 2 aromatic heterocycles. The van der Waals surface area contributed by atoms with E-state index in [1.807, 2.05) is 18.2 Å².